The van der Waals surface area contributed by atoms with Crippen LogP contribution in [0, 0.1) is 0 Å². The highest BCUT2D eigenvalue weighted by atomic mass is 35.5. The first-order valence-corrected chi connectivity index (χ1v) is 8.17. The Balaban J connectivity index is 0.00000113. The summed E-state index contributed by atoms with van der Waals surface area (Å²) in [5, 5.41) is 3.00. The van der Waals surface area contributed by atoms with Crippen LogP contribution in [0.5, 0.6) is 0 Å². The summed E-state index contributed by atoms with van der Waals surface area (Å²) in [5.41, 5.74) is 10.6. The average Bonchev–Trinajstić information content (AvgIpc) is 2.61. The number of benzene rings is 2. The van der Waals surface area contributed by atoms with Gasteiger partial charge in [-0.3, -0.25) is 9.69 Å². The normalized spacial score (nSPS) is 21.9. The van der Waals surface area contributed by atoms with Crippen molar-refractivity contribution in [2.75, 3.05) is 19.6 Å². The summed E-state index contributed by atoms with van der Waals surface area (Å²) in [6.45, 7) is 3.00. The number of piperazine rings is 1. The molecule has 0 spiro atoms. The van der Waals surface area contributed by atoms with Crippen LogP contribution in [0.15, 0.2) is 48.5 Å². The minimum absolute atomic E-state index is 0. The molecule has 2 heterocycles. The van der Waals surface area contributed by atoms with E-state index in [0.29, 0.717) is 12.5 Å². The highest BCUT2D eigenvalue weighted by Crippen LogP contribution is 2.40. The van der Waals surface area contributed by atoms with Crippen LogP contribution in [0.25, 0.3) is 0 Å². The Hall–Kier alpha value is -1.59. The van der Waals surface area contributed by atoms with Gasteiger partial charge in [-0.05, 0) is 22.3 Å². The fourth-order valence-electron chi connectivity index (χ4n) is 3.86. The van der Waals surface area contributed by atoms with E-state index in [0.717, 1.165) is 30.8 Å². The SMILES string of the molecule is Cl.Cl.NCc1ccc2c(c1)C1C(=O)NCCN1CC2c1ccccc1. The van der Waals surface area contributed by atoms with E-state index >= 15 is 0 Å². The van der Waals surface area contributed by atoms with Crippen molar-refractivity contribution in [3.8, 4) is 0 Å². The van der Waals surface area contributed by atoms with Crippen molar-refractivity contribution >= 4 is 30.7 Å². The maximum absolute atomic E-state index is 12.5. The zero-order chi connectivity index (χ0) is 15.8. The number of carbonyl (C=O) groups is 1. The molecule has 0 radical (unpaired) electrons. The van der Waals surface area contributed by atoms with Gasteiger partial charge in [-0.25, -0.2) is 0 Å². The standard InChI is InChI=1S/C19H21N3O.2ClH/c20-11-13-6-7-15-16(10-13)18-19(23)21-8-9-22(18)12-17(15)14-4-2-1-3-5-14;;/h1-7,10,17-18H,8-9,11-12,20H2,(H,21,23);2*1H. The van der Waals surface area contributed by atoms with Crippen LogP contribution in [-0.2, 0) is 11.3 Å². The molecule has 1 saturated heterocycles. The van der Waals surface area contributed by atoms with Crippen molar-refractivity contribution in [1.29, 1.82) is 0 Å². The third-order valence-corrected chi connectivity index (χ3v) is 4.99. The maximum Gasteiger partial charge on any atom is 0.242 e. The number of hydrogen-bond acceptors (Lipinski definition) is 3. The number of rotatable bonds is 2. The van der Waals surface area contributed by atoms with E-state index in [-0.39, 0.29) is 36.8 Å². The molecule has 0 aliphatic carbocycles. The molecule has 4 rings (SSSR count). The fourth-order valence-corrected chi connectivity index (χ4v) is 3.86. The Labute approximate surface area is 160 Å². The minimum Gasteiger partial charge on any atom is -0.353 e. The molecular formula is C19H23Cl2N3O. The van der Waals surface area contributed by atoms with E-state index < -0.39 is 0 Å². The molecule has 6 heteroatoms. The summed E-state index contributed by atoms with van der Waals surface area (Å²) in [4.78, 5) is 14.8. The van der Waals surface area contributed by atoms with Gasteiger partial charge in [0.25, 0.3) is 0 Å². The summed E-state index contributed by atoms with van der Waals surface area (Å²) in [6.07, 6.45) is 0. The summed E-state index contributed by atoms with van der Waals surface area (Å²) >= 11 is 0. The number of amides is 1. The first-order chi connectivity index (χ1) is 11.3. The second-order valence-corrected chi connectivity index (χ2v) is 6.32. The molecule has 0 aromatic heterocycles. The Morgan fingerprint density at radius 3 is 2.56 bits per heavy atom. The fraction of sp³-hybridized carbons (Fsp3) is 0.316. The predicted octanol–water partition coefficient (Wildman–Crippen LogP) is 2.61. The van der Waals surface area contributed by atoms with Crippen molar-refractivity contribution in [2.24, 2.45) is 5.73 Å². The van der Waals surface area contributed by atoms with Gasteiger partial charge in [0.2, 0.25) is 5.91 Å². The summed E-state index contributed by atoms with van der Waals surface area (Å²) in [6, 6.07) is 16.8. The molecule has 2 unspecified atom stereocenters. The molecule has 3 N–H and O–H groups in total. The Kier molecular flexibility index (Phi) is 6.47. The van der Waals surface area contributed by atoms with Crippen LogP contribution in [0.4, 0.5) is 0 Å². The van der Waals surface area contributed by atoms with Gasteiger partial charge < -0.3 is 11.1 Å². The van der Waals surface area contributed by atoms with Crippen molar-refractivity contribution in [3.63, 3.8) is 0 Å². The van der Waals surface area contributed by atoms with Crippen molar-refractivity contribution in [2.45, 2.75) is 18.5 Å². The molecule has 2 aromatic rings. The van der Waals surface area contributed by atoms with Crippen LogP contribution in [0.3, 0.4) is 0 Å². The summed E-state index contributed by atoms with van der Waals surface area (Å²) < 4.78 is 0. The van der Waals surface area contributed by atoms with E-state index in [9.17, 15) is 4.79 Å². The van der Waals surface area contributed by atoms with Crippen molar-refractivity contribution in [1.82, 2.24) is 10.2 Å². The lowest BCUT2D eigenvalue weighted by molar-refractivity contribution is -0.129. The maximum atomic E-state index is 12.5. The molecule has 134 valence electrons. The van der Waals surface area contributed by atoms with Crippen LogP contribution in [0.2, 0.25) is 0 Å². The van der Waals surface area contributed by atoms with E-state index in [1.807, 2.05) is 6.07 Å². The molecule has 1 fully saturated rings. The van der Waals surface area contributed by atoms with Crippen LogP contribution >= 0.6 is 24.8 Å². The van der Waals surface area contributed by atoms with Gasteiger partial charge in [0, 0.05) is 32.1 Å². The minimum atomic E-state index is -0.176. The van der Waals surface area contributed by atoms with Gasteiger partial charge in [0.1, 0.15) is 6.04 Å². The lowest BCUT2D eigenvalue weighted by Crippen LogP contribution is -2.53. The molecule has 2 aliphatic heterocycles. The topological polar surface area (TPSA) is 58.4 Å². The first-order valence-electron chi connectivity index (χ1n) is 8.17. The number of nitrogens with two attached hydrogens (primary N) is 1. The zero-order valence-corrected chi connectivity index (χ0v) is 15.5. The van der Waals surface area contributed by atoms with Gasteiger partial charge in [-0.1, -0.05) is 48.5 Å². The van der Waals surface area contributed by atoms with Gasteiger partial charge in [-0.15, -0.1) is 24.8 Å². The third kappa shape index (κ3) is 3.53. The monoisotopic (exact) mass is 379 g/mol. The summed E-state index contributed by atoms with van der Waals surface area (Å²) in [7, 11) is 0. The highest BCUT2D eigenvalue weighted by Gasteiger charge is 2.39. The molecule has 1 amide bonds. The van der Waals surface area contributed by atoms with E-state index in [4.69, 9.17) is 5.73 Å². The first kappa shape index (κ1) is 19.7. The van der Waals surface area contributed by atoms with E-state index in [1.165, 1.54) is 11.1 Å². The predicted molar refractivity (Wildman–Crippen MR) is 104 cm³/mol. The number of carbonyl (C=O) groups excluding carboxylic acids is 1. The number of nitrogens with one attached hydrogen (secondary N) is 1. The zero-order valence-electron chi connectivity index (χ0n) is 13.9. The molecular weight excluding hydrogens is 357 g/mol. The lowest BCUT2D eigenvalue weighted by Gasteiger charge is -2.43. The molecule has 2 atom stereocenters. The Morgan fingerprint density at radius 1 is 1.08 bits per heavy atom. The number of halogens is 2. The molecule has 2 aromatic carbocycles. The van der Waals surface area contributed by atoms with Crippen molar-refractivity contribution < 1.29 is 4.79 Å². The molecule has 25 heavy (non-hydrogen) atoms. The van der Waals surface area contributed by atoms with E-state index in [2.05, 4.69) is 52.7 Å². The van der Waals surface area contributed by atoms with Crippen LogP contribution in [-0.4, -0.2) is 30.4 Å². The van der Waals surface area contributed by atoms with Gasteiger partial charge in [-0.2, -0.15) is 0 Å². The van der Waals surface area contributed by atoms with Crippen LogP contribution < -0.4 is 11.1 Å². The lowest BCUT2D eigenvalue weighted by atomic mass is 9.80. The quantitative estimate of drug-likeness (QED) is 0.842. The molecule has 2 aliphatic rings. The average molecular weight is 380 g/mol. The smallest absolute Gasteiger partial charge is 0.242 e. The third-order valence-electron chi connectivity index (χ3n) is 4.99. The number of fused-ring (bicyclic) bond motifs is 3. The number of nitrogens with zero attached hydrogens (tertiary/aromatic N) is 1. The molecule has 0 saturated carbocycles. The molecule has 4 nitrogen and oxygen atoms in total. The summed E-state index contributed by atoms with van der Waals surface area (Å²) in [5.74, 6) is 0.415. The molecule has 0 bridgehead atoms. The number of hydrogen-bond donors (Lipinski definition) is 2. The highest BCUT2D eigenvalue weighted by molar-refractivity contribution is 5.86. The van der Waals surface area contributed by atoms with Crippen molar-refractivity contribution in [3.05, 3.63) is 70.8 Å². The second kappa shape index (κ2) is 8.19. The Morgan fingerprint density at radius 2 is 1.84 bits per heavy atom. The largest absolute Gasteiger partial charge is 0.353 e. The Bertz CT molecular complexity index is 739. The van der Waals surface area contributed by atoms with Gasteiger partial charge in [0.15, 0.2) is 0 Å². The van der Waals surface area contributed by atoms with Crippen LogP contribution in [0.1, 0.15) is 34.2 Å². The van der Waals surface area contributed by atoms with E-state index in [1.54, 1.807) is 0 Å². The second-order valence-electron chi connectivity index (χ2n) is 6.32. The van der Waals surface area contributed by atoms with Gasteiger partial charge in [0.05, 0.1) is 0 Å². The van der Waals surface area contributed by atoms with Gasteiger partial charge >= 0.3 is 0 Å².